The molecule has 2 rings (SSSR count). The first kappa shape index (κ1) is 25.4. The second kappa shape index (κ2) is 17.5. The van der Waals surface area contributed by atoms with Gasteiger partial charge in [-0.2, -0.15) is 0 Å². The van der Waals surface area contributed by atoms with Crippen LogP contribution in [0.25, 0.3) is 0 Å². The Kier molecular flexibility index (Phi) is 20.2. The monoisotopic (exact) mass is 354 g/mol. The van der Waals surface area contributed by atoms with Gasteiger partial charge in [0.15, 0.2) is 0 Å². The van der Waals surface area contributed by atoms with Crippen molar-refractivity contribution in [2.24, 2.45) is 0 Å². The minimum Gasteiger partial charge on any atom is 0 e. The molecule has 0 saturated carbocycles. The van der Waals surface area contributed by atoms with E-state index in [4.69, 9.17) is 25.6 Å². The van der Waals surface area contributed by atoms with Gasteiger partial charge in [-0.25, -0.2) is 0 Å². The predicted octanol–water partition coefficient (Wildman–Crippen LogP) is 3.31. The topological polar surface area (TPSA) is 79.9 Å². The molecule has 0 spiro atoms. The van der Waals surface area contributed by atoms with Gasteiger partial charge in [-0.3, -0.25) is 0 Å². The van der Waals surface area contributed by atoms with Crippen molar-refractivity contribution in [1.82, 2.24) is 0 Å². The molecule has 4 nitrogen and oxygen atoms in total. The molecule has 0 aromatic heterocycles. The van der Waals surface area contributed by atoms with Crippen LogP contribution < -0.4 is 0 Å². The summed E-state index contributed by atoms with van der Waals surface area (Å²) < 4.78 is 22.5. The van der Waals surface area contributed by atoms with Crippen LogP contribution >= 0.6 is 11.6 Å². The standard InChI is InChI=1S/C13H11ClO.3CO.Cr/c14-12-8-6-11(7-9-12)13(15)10-4-2-1-3-5-10;3*1-2;/h1-9,13,15H;;;;/t13-;;;;/m0..../s1. The van der Waals surface area contributed by atoms with E-state index >= 15 is 0 Å². The molecule has 1 atom stereocenters. The first-order valence-corrected chi connectivity index (χ1v) is 5.75. The molecule has 0 bridgehead atoms. The van der Waals surface area contributed by atoms with E-state index in [1.165, 1.54) is 0 Å². The van der Waals surface area contributed by atoms with Gasteiger partial charge in [-0.15, -0.1) is 0 Å². The number of hydrogen-bond donors (Lipinski definition) is 1. The summed E-state index contributed by atoms with van der Waals surface area (Å²) in [5.41, 5.74) is 1.74. The molecule has 0 radical (unpaired) electrons. The van der Waals surface area contributed by atoms with Gasteiger partial charge in [0, 0.05) is 22.4 Å². The van der Waals surface area contributed by atoms with Gasteiger partial charge >= 0.3 is 33.9 Å². The van der Waals surface area contributed by atoms with Crippen LogP contribution in [0.5, 0.6) is 0 Å². The summed E-state index contributed by atoms with van der Waals surface area (Å²) in [6, 6.07) is 16.8. The SMILES string of the molecule is O[C@@H](c1ccccc1)c1ccc(Cl)cc1.[C-]#[O+].[C-]#[O+].[C-]#[O+].[Cr]. The smallest absolute Gasteiger partial charge is 0 e. The molecule has 2 aromatic carbocycles. The molecule has 2 aromatic rings. The summed E-state index contributed by atoms with van der Waals surface area (Å²) >= 11 is 5.78. The summed E-state index contributed by atoms with van der Waals surface area (Å²) in [7, 11) is 0. The Balaban J connectivity index is -0.000000463. The van der Waals surface area contributed by atoms with Crippen LogP contribution in [0.15, 0.2) is 54.6 Å². The summed E-state index contributed by atoms with van der Waals surface area (Å²) in [5.74, 6) is 0. The fourth-order valence-corrected chi connectivity index (χ4v) is 1.60. The number of rotatable bonds is 2. The van der Waals surface area contributed by atoms with E-state index in [2.05, 4.69) is 20.0 Å². The van der Waals surface area contributed by atoms with Gasteiger partial charge in [0.25, 0.3) is 0 Å². The zero-order valence-corrected chi connectivity index (χ0v) is 13.3. The van der Waals surface area contributed by atoms with Crippen molar-refractivity contribution >= 4 is 11.6 Å². The molecule has 112 valence electrons. The third-order valence-corrected chi connectivity index (χ3v) is 2.55. The number of aliphatic hydroxyl groups is 1. The number of aliphatic hydroxyl groups excluding tert-OH is 1. The Labute approximate surface area is 145 Å². The molecule has 1 N–H and O–H groups in total. The summed E-state index contributed by atoms with van der Waals surface area (Å²) in [6.07, 6.45) is -0.580. The molecule has 0 fully saturated rings. The van der Waals surface area contributed by atoms with Crippen molar-refractivity contribution in [2.75, 3.05) is 0 Å². The zero-order chi connectivity index (χ0) is 16.7. The zero-order valence-electron chi connectivity index (χ0n) is 11.2. The Morgan fingerprint density at radius 1 is 0.727 bits per heavy atom. The van der Waals surface area contributed by atoms with Crippen LogP contribution in [0.1, 0.15) is 17.2 Å². The quantitative estimate of drug-likeness (QED) is 0.651. The normalized spacial score (nSPS) is 8.73. The van der Waals surface area contributed by atoms with Gasteiger partial charge in [-0.1, -0.05) is 54.1 Å². The fraction of sp³-hybridized carbons (Fsp3) is 0.0625. The van der Waals surface area contributed by atoms with Gasteiger partial charge in [-0.05, 0) is 23.3 Å². The minimum absolute atomic E-state index is 0. The van der Waals surface area contributed by atoms with Gasteiger partial charge in [0.1, 0.15) is 6.10 Å². The van der Waals surface area contributed by atoms with E-state index in [1.54, 1.807) is 12.1 Å². The maximum atomic E-state index is 10.0. The second-order valence-electron chi connectivity index (χ2n) is 3.36. The van der Waals surface area contributed by atoms with Crippen molar-refractivity contribution in [2.45, 2.75) is 6.10 Å². The van der Waals surface area contributed by atoms with E-state index in [1.807, 2.05) is 42.5 Å². The van der Waals surface area contributed by atoms with E-state index < -0.39 is 6.10 Å². The average Bonchev–Trinajstić information content (AvgIpc) is 2.61. The van der Waals surface area contributed by atoms with Gasteiger partial charge < -0.3 is 5.11 Å². The van der Waals surface area contributed by atoms with E-state index in [0.717, 1.165) is 11.1 Å². The van der Waals surface area contributed by atoms with E-state index in [9.17, 15) is 5.11 Å². The van der Waals surface area contributed by atoms with Crippen LogP contribution in [0.3, 0.4) is 0 Å². The predicted molar refractivity (Wildman–Crippen MR) is 73.7 cm³/mol. The Hall–Kier alpha value is -1.56. The van der Waals surface area contributed by atoms with E-state index in [-0.39, 0.29) is 17.4 Å². The maximum absolute atomic E-state index is 10.0. The van der Waals surface area contributed by atoms with Crippen LogP contribution in [0.2, 0.25) is 5.02 Å². The average molecular weight is 355 g/mol. The van der Waals surface area contributed by atoms with Crippen molar-refractivity contribution in [3.05, 3.63) is 90.7 Å². The number of benzene rings is 2. The molecule has 22 heavy (non-hydrogen) atoms. The first-order chi connectivity index (χ1) is 10.3. The van der Waals surface area contributed by atoms with Crippen LogP contribution in [-0.2, 0) is 31.3 Å². The summed E-state index contributed by atoms with van der Waals surface area (Å²) in [4.78, 5) is 0. The van der Waals surface area contributed by atoms with Crippen LogP contribution in [0.4, 0.5) is 0 Å². The van der Waals surface area contributed by atoms with E-state index in [0.29, 0.717) is 5.02 Å². The summed E-state index contributed by atoms with van der Waals surface area (Å²) in [6.45, 7) is 13.5. The molecule has 0 heterocycles. The van der Waals surface area contributed by atoms with Crippen molar-refractivity contribution in [3.8, 4) is 0 Å². The first-order valence-electron chi connectivity index (χ1n) is 5.37. The molecule has 0 saturated heterocycles. The molecular weight excluding hydrogens is 344 g/mol. The number of hydrogen-bond acceptors (Lipinski definition) is 1. The van der Waals surface area contributed by atoms with Crippen molar-refractivity contribution < 1.29 is 36.4 Å². The number of halogens is 1. The second-order valence-corrected chi connectivity index (χ2v) is 3.80. The maximum Gasteiger partial charge on any atom is 0 e. The van der Waals surface area contributed by atoms with Gasteiger partial charge in [0.05, 0.1) is 0 Å². The molecule has 0 aliphatic carbocycles. The molecule has 0 aliphatic heterocycles. The molecule has 6 heteroatoms. The largest absolute Gasteiger partial charge is 0 e. The molecule has 0 aliphatic rings. The Morgan fingerprint density at radius 3 is 1.50 bits per heavy atom. The van der Waals surface area contributed by atoms with Crippen LogP contribution in [0, 0.1) is 20.0 Å². The third kappa shape index (κ3) is 9.39. The Morgan fingerprint density at radius 2 is 1.09 bits per heavy atom. The van der Waals surface area contributed by atoms with Crippen molar-refractivity contribution in [3.63, 3.8) is 0 Å². The molecule has 0 unspecified atom stereocenters. The van der Waals surface area contributed by atoms with Gasteiger partial charge in [0.2, 0.25) is 0 Å². The minimum atomic E-state index is -0.580. The molecular formula is C16H11ClCrO4. The van der Waals surface area contributed by atoms with Crippen molar-refractivity contribution in [1.29, 1.82) is 0 Å². The third-order valence-electron chi connectivity index (χ3n) is 2.30. The summed E-state index contributed by atoms with van der Waals surface area (Å²) in [5, 5.41) is 10.7. The van der Waals surface area contributed by atoms with Crippen LogP contribution in [-0.4, -0.2) is 5.11 Å². The molecule has 0 amide bonds. The Bertz CT molecular complexity index is 536. The fourth-order valence-electron chi connectivity index (χ4n) is 1.47.